The van der Waals surface area contributed by atoms with Gasteiger partial charge in [0.2, 0.25) is 0 Å². The minimum Gasteiger partial charge on any atom is -0.483 e. The third kappa shape index (κ3) is 6.31. The molecule has 39 heavy (non-hydrogen) atoms. The molecule has 1 fully saturated rings. The van der Waals surface area contributed by atoms with E-state index in [2.05, 4.69) is 4.90 Å². The van der Waals surface area contributed by atoms with E-state index in [1.807, 2.05) is 13.8 Å². The highest BCUT2D eigenvalue weighted by atomic mass is 32.2. The number of halogens is 1. The fraction of sp³-hybridized carbons (Fsp3) is 0.400. The molecule has 1 aliphatic carbocycles. The number of hydrogen-bond donors (Lipinski definition) is 3. The maximum atomic E-state index is 13.2. The molecule has 212 valence electrons. The molecule has 0 radical (unpaired) electrons. The van der Waals surface area contributed by atoms with Gasteiger partial charge < -0.3 is 15.4 Å². The summed E-state index contributed by atoms with van der Waals surface area (Å²) in [7, 11) is -9.47. The highest BCUT2D eigenvalue weighted by Gasteiger charge is 2.40. The number of fused-ring (bicyclic) bond motifs is 1. The van der Waals surface area contributed by atoms with E-state index in [4.69, 9.17) is 10.5 Å². The first-order valence-corrected chi connectivity index (χ1v) is 15.0. The second-order valence-corrected chi connectivity index (χ2v) is 13.1. The minimum absolute atomic E-state index is 0.00753. The zero-order chi connectivity index (χ0) is 28.8. The summed E-state index contributed by atoms with van der Waals surface area (Å²) in [5.74, 6) is -0.735. The van der Waals surface area contributed by atoms with Crippen molar-refractivity contribution < 1.29 is 39.9 Å². The molecule has 3 atom stereocenters. The predicted octanol–water partition coefficient (Wildman–Crippen LogP) is 1.68. The highest BCUT2D eigenvalue weighted by Crippen LogP contribution is 2.36. The lowest BCUT2D eigenvalue weighted by Gasteiger charge is -2.44. The molecule has 2 aliphatic rings. The molecule has 4 N–H and O–H groups in total. The van der Waals surface area contributed by atoms with Crippen LogP contribution in [-0.4, -0.2) is 78.3 Å². The second kappa shape index (κ2) is 10.6. The van der Waals surface area contributed by atoms with Crippen molar-refractivity contribution in [2.45, 2.75) is 48.7 Å². The van der Waals surface area contributed by atoms with E-state index >= 15 is 0 Å². The molecule has 1 saturated heterocycles. The first-order valence-electron chi connectivity index (χ1n) is 12.1. The fourth-order valence-corrected chi connectivity index (χ4v) is 5.96. The number of ether oxygens (including phenoxy) is 1. The van der Waals surface area contributed by atoms with Gasteiger partial charge in [-0.3, -0.25) is 18.8 Å². The van der Waals surface area contributed by atoms with E-state index in [1.54, 1.807) is 17.0 Å². The summed E-state index contributed by atoms with van der Waals surface area (Å²) in [6, 6.07) is 8.14. The van der Waals surface area contributed by atoms with Crippen LogP contribution in [0, 0.1) is 5.82 Å². The van der Waals surface area contributed by atoms with Crippen LogP contribution in [0.2, 0.25) is 0 Å². The topological polar surface area (TPSA) is 168 Å². The Hall–Kier alpha value is -2.88. The van der Waals surface area contributed by atoms with E-state index in [0.29, 0.717) is 19.6 Å². The van der Waals surface area contributed by atoms with Crippen molar-refractivity contribution in [3.05, 3.63) is 65.0 Å². The van der Waals surface area contributed by atoms with E-state index in [1.165, 1.54) is 18.2 Å². The molecule has 1 heterocycles. The second-order valence-electron chi connectivity index (χ2n) is 10.00. The largest absolute Gasteiger partial charge is 0.483 e. The van der Waals surface area contributed by atoms with Gasteiger partial charge >= 0.3 is 0 Å². The number of piperazine rings is 1. The first-order chi connectivity index (χ1) is 18.1. The normalized spacial score (nSPS) is 23.9. The monoisotopic (exact) mass is 583 g/mol. The average Bonchev–Trinajstić information content (AvgIpc) is 2.84. The van der Waals surface area contributed by atoms with E-state index in [9.17, 15) is 35.1 Å². The molecule has 0 bridgehead atoms. The molecule has 0 spiro atoms. The number of nitrogens with two attached hydrogens (primary N) is 1. The molecular formula is C25H30FN3O8S2. The molecule has 1 aliphatic heterocycles. The molecule has 14 heteroatoms. The van der Waals surface area contributed by atoms with Gasteiger partial charge in [-0.2, -0.15) is 16.8 Å². The molecule has 4 rings (SSSR count). The van der Waals surface area contributed by atoms with Crippen molar-refractivity contribution in [3.8, 4) is 5.75 Å². The van der Waals surface area contributed by atoms with Crippen LogP contribution in [0.1, 0.15) is 30.5 Å². The molecule has 2 aromatic rings. The zero-order valence-electron chi connectivity index (χ0n) is 21.3. The average molecular weight is 584 g/mol. The first kappa shape index (κ1) is 29.1. The lowest BCUT2D eigenvalue weighted by atomic mass is 9.93. The Kier molecular flexibility index (Phi) is 7.91. The zero-order valence-corrected chi connectivity index (χ0v) is 23.0. The van der Waals surface area contributed by atoms with Crippen LogP contribution in [0.3, 0.4) is 0 Å². The maximum Gasteiger partial charge on any atom is 0.294 e. The summed E-state index contributed by atoms with van der Waals surface area (Å²) in [5.41, 5.74) is 7.12. The maximum absolute atomic E-state index is 13.2. The molecule has 1 unspecified atom stereocenters. The van der Waals surface area contributed by atoms with Gasteiger partial charge in [0, 0.05) is 49.8 Å². The lowest BCUT2D eigenvalue weighted by Crippen LogP contribution is -2.58. The van der Waals surface area contributed by atoms with E-state index in [-0.39, 0.29) is 40.7 Å². The molecule has 0 aromatic heterocycles. The van der Waals surface area contributed by atoms with Gasteiger partial charge in [-0.25, -0.2) is 4.39 Å². The van der Waals surface area contributed by atoms with Crippen LogP contribution in [0.5, 0.6) is 5.75 Å². The number of carbonyl (C=O) groups excluding carboxylic acids is 1. The van der Waals surface area contributed by atoms with Crippen LogP contribution in [0.15, 0.2) is 47.4 Å². The predicted molar refractivity (Wildman–Crippen MR) is 140 cm³/mol. The quantitative estimate of drug-likeness (QED) is 0.408. The van der Waals surface area contributed by atoms with Crippen molar-refractivity contribution in [2.75, 3.05) is 19.7 Å². The van der Waals surface area contributed by atoms with Gasteiger partial charge in [0.1, 0.15) is 11.6 Å². The summed E-state index contributed by atoms with van der Waals surface area (Å²) >= 11 is 0. The number of nitrogens with zero attached hydrogens (tertiary/aromatic N) is 2. The van der Waals surface area contributed by atoms with Gasteiger partial charge in [0.15, 0.2) is 11.5 Å². The Morgan fingerprint density at radius 1 is 1.10 bits per heavy atom. The van der Waals surface area contributed by atoms with E-state index in [0.717, 1.165) is 23.8 Å². The van der Waals surface area contributed by atoms with Crippen molar-refractivity contribution in [1.82, 2.24) is 9.80 Å². The number of benzene rings is 2. The van der Waals surface area contributed by atoms with Crippen molar-refractivity contribution in [1.29, 1.82) is 0 Å². The Morgan fingerprint density at radius 3 is 2.38 bits per heavy atom. The molecule has 2 aromatic carbocycles. The van der Waals surface area contributed by atoms with E-state index < -0.39 is 43.0 Å². The standard InChI is InChI=1S/C25H30FN3O8S2/c1-16-13-29(17(2)12-28(16)14-18-3-5-20(26)6-4-18)24(30)15-37-23-10-21(38(31,32)33)9-19-11-25(27,39(34,35)36)8-7-22(19)23/h3-10,16-17H,11-15,27H2,1-2H3,(H,31,32,33)(H,34,35,36)/t16-,17+,25?/m1/s1. The summed E-state index contributed by atoms with van der Waals surface area (Å²) < 4.78 is 85.4. The summed E-state index contributed by atoms with van der Waals surface area (Å²) in [6.07, 6.45) is 1.82. The van der Waals surface area contributed by atoms with Gasteiger partial charge in [0.05, 0.1) is 4.90 Å². The summed E-state index contributed by atoms with van der Waals surface area (Å²) in [6.45, 7) is 4.98. The van der Waals surface area contributed by atoms with Gasteiger partial charge in [-0.1, -0.05) is 18.2 Å². The van der Waals surface area contributed by atoms with Crippen molar-refractivity contribution in [3.63, 3.8) is 0 Å². The minimum atomic E-state index is -4.75. The molecule has 1 amide bonds. The van der Waals surface area contributed by atoms with Crippen LogP contribution in [-0.2, 0) is 38.0 Å². The number of rotatable bonds is 7. The van der Waals surface area contributed by atoms with Crippen LogP contribution < -0.4 is 10.5 Å². The molecular weight excluding hydrogens is 553 g/mol. The van der Waals surface area contributed by atoms with Crippen molar-refractivity contribution in [2.24, 2.45) is 5.73 Å². The van der Waals surface area contributed by atoms with Gasteiger partial charge in [0.25, 0.3) is 26.1 Å². The Labute approximate surface area is 226 Å². The number of hydrogen-bond acceptors (Lipinski definition) is 8. The smallest absolute Gasteiger partial charge is 0.294 e. The lowest BCUT2D eigenvalue weighted by molar-refractivity contribution is -0.139. The molecule has 11 nitrogen and oxygen atoms in total. The fourth-order valence-electron chi connectivity index (χ4n) is 4.83. The SMILES string of the molecule is C[C@@H]1CN(C(=O)COc2cc(S(=O)(=O)O)cc3c2C=CC(N)(S(=O)(=O)O)C3)[C@@H](C)CN1Cc1ccc(F)cc1. The summed E-state index contributed by atoms with van der Waals surface area (Å²) in [5, 5.41) is 0. The summed E-state index contributed by atoms with van der Waals surface area (Å²) in [4.78, 5) is 14.2. The highest BCUT2D eigenvalue weighted by molar-refractivity contribution is 7.87. The Bertz CT molecular complexity index is 1510. The Balaban J connectivity index is 1.50. The third-order valence-electron chi connectivity index (χ3n) is 7.06. The Morgan fingerprint density at radius 2 is 1.77 bits per heavy atom. The number of carbonyl (C=O) groups is 1. The van der Waals surface area contributed by atoms with Gasteiger partial charge in [-0.15, -0.1) is 0 Å². The number of amides is 1. The van der Waals surface area contributed by atoms with Crippen LogP contribution in [0.25, 0.3) is 6.08 Å². The van der Waals surface area contributed by atoms with Crippen molar-refractivity contribution >= 4 is 32.2 Å². The molecule has 0 saturated carbocycles. The van der Waals surface area contributed by atoms with Crippen LogP contribution >= 0.6 is 0 Å². The third-order valence-corrected chi connectivity index (χ3v) is 9.14. The van der Waals surface area contributed by atoms with Gasteiger partial charge in [-0.05, 0) is 49.2 Å². The van der Waals surface area contributed by atoms with Crippen LogP contribution in [0.4, 0.5) is 4.39 Å².